The van der Waals surface area contributed by atoms with Crippen molar-refractivity contribution in [3.05, 3.63) is 75.8 Å². The summed E-state index contributed by atoms with van der Waals surface area (Å²) in [6.07, 6.45) is -0.372. The van der Waals surface area contributed by atoms with Crippen LogP contribution in [0.2, 0.25) is 0 Å². The number of hydrogen-bond donors (Lipinski definition) is 2. The second-order valence-electron chi connectivity index (χ2n) is 5.69. The number of nitrogens with one attached hydrogen (secondary N) is 1. The molecule has 6 heteroatoms. The van der Waals surface area contributed by atoms with Crippen molar-refractivity contribution in [1.29, 1.82) is 0 Å². The third-order valence-electron chi connectivity index (χ3n) is 3.71. The Balaban J connectivity index is 1.91. The fourth-order valence-corrected chi connectivity index (χ4v) is 2.54. The molecule has 0 aliphatic heterocycles. The van der Waals surface area contributed by atoms with Crippen LogP contribution in [0.4, 0.5) is 5.69 Å². The van der Waals surface area contributed by atoms with Gasteiger partial charge in [0.15, 0.2) is 0 Å². The molecule has 0 fully saturated rings. The van der Waals surface area contributed by atoms with Gasteiger partial charge in [-0.3, -0.25) is 14.9 Å². The number of aliphatic hydroxyl groups excluding tert-OH is 1. The number of nitro groups is 1. The largest absolute Gasteiger partial charge is 0.388 e. The number of carbonyl (C=O) groups excluding carboxylic acids is 1. The lowest BCUT2D eigenvalue weighted by Crippen LogP contribution is -2.34. The van der Waals surface area contributed by atoms with Crippen molar-refractivity contribution >= 4 is 11.6 Å². The Bertz CT molecular complexity index is 703. The van der Waals surface area contributed by atoms with Crippen LogP contribution in [0.15, 0.2) is 54.6 Å². The van der Waals surface area contributed by atoms with Gasteiger partial charge in [-0.25, -0.2) is 0 Å². The fourth-order valence-electron chi connectivity index (χ4n) is 2.54. The second kappa shape index (κ2) is 8.21. The number of nitro benzene ring substituents is 1. The van der Waals surface area contributed by atoms with E-state index in [1.807, 2.05) is 30.3 Å². The van der Waals surface area contributed by atoms with Gasteiger partial charge in [0.2, 0.25) is 5.91 Å². The van der Waals surface area contributed by atoms with Crippen molar-refractivity contribution in [3.8, 4) is 0 Å². The van der Waals surface area contributed by atoms with E-state index in [9.17, 15) is 20.0 Å². The van der Waals surface area contributed by atoms with Crippen LogP contribution in [0.5, 0.6) is 0 Å². The van der Waals surface area contributed by atoms with Crippen molar-refractivity contribution in [2.24, 2.45) is 0 Å². The van der Waals surface area contributed by atoms with Gasteiger partial charge >= 0.3 is 0 Å². The summed E-state index contributed by atoms with van der Waals surface area (Å²) in [7, 11) is 0. The highest BCUT2D eigenvalue weighted by molar-refractivity contribution is 5.80. The van der Waals surface area contributed by atoms with Gasteiger partial charge in [-0.05, 0) is 18.9 Å². The maximum atomic E-state index is 12.1. The van der Waals surface area contributed by atoms with Crippen LogP contribution < -0.4 is 5.32 Å². The van der Waals surface area contributed by atoms with Gasteiger partial charge in [-0.15, -0.1) is 0 Å². The topological polar surface area (TPSA) is 92.5 Å². The zero-order valence-corrected chi connectivity index (χ0v) is 13.4. The fraction of sp³-hybridized carbons (Fsp3) is 0.278. The van der Waals surface area contributed by atoms with E-state index in [2.05, 4.69) is 5.32 Å². The van der Waals surface area contributed by atoms with Gasteiger partial charge in [-0.1, -0.05) is 48.5 Å². The molecule has 1 amide bonds. The lowest BCUT2D eigenvalue weighted by atomic mass is 10.0. The Morgan fingerprint density at radius 2 is 1.79 bits per heavy atom. The van der Waals surface area contributed by atoms with E-state index in [0.29, 0.717) is 12.0 Å². The zero-order valence-electron chi connectivity index (χ0n) is 13.4. The first-order chi connectivity index (χ1) is 11.5. The van der Waals surface area contributed by atoms with E-state index >= 15 is 0 Å². The van der Waals surface area contributed by atoms with Crippen molar-refractivity contribution in [2.75, 3.05) is 0 Å². The van der Waals surface area contributed by atoms with Gasteiger partial charge in [0, 0.05) is 17.7 Å². The van der Waals surface area contributed by atoms with Crippen LogP contribution in [-0.4, -0.2) is 22.0 Å². The monoisotopic (exact) mass is 328 g/mol. The number of para-hydroxylation sites is 1. The molecule has 0 aliphatic rings. The minimum absolute atomic E-state index is 0.0652. The molecule has 2 aromatic carbocycles. The Morgan fingerprint density at radius 3 is 2.46 bits per heavy atom. The molecule has 0 aliphatic carbocycles. The van der Waals surface area contributed by atoms with Crippen LogP contribution in [0, 0.1) is 10.1 Å². The average molecular weight is 328 g/mol. The molecule has 0 saturated heterocycles. The first-order valence-electron chi connectivity index (χ1n) is 7.72. The third-order valence-corrected chi connectivity index (χ3v) is 3.71. The molecular formula is C18H20N2O4. The number of carbonyl (C=O) groups is 1. The number of aliphatic hydroxyl groups is 1. The number of rotatable bonds is 7. The summed E-state index contributed by atoms with van der Waals surface area (Å²) < 4.78 is 0. The van der Waals surface area contributed by atoms with Crippen molar-refractivity contribution < 1.29 is 14.8 Å². The predicted octanol–water partition coefficient (Wildman–Crippen LogP) is 2.77. The lowest BCUT2D eigenvalue weighted by Gasteiger charge is -2.18. The van der Waals surface area contributed by atoms with E-state index in [4.69, 9.17) is 0 Å². The Morgan fingerprint density at radius 1 is 1.17 bits per heavy atom. The van der Waals surface area contributed by atoms with Crippen LogP contribution in [0.25, 0.3) is 0 Å². The maximum Gasteiger partial charge on any atom is 0.273 e. The minimum Gasteiger partial charge on any atom is -0.388 e. The zero-order chi connectivity index (χ0) is 17.5. The molecule has 2 unspecified atom stereocenters. The second-order valence-corrected chi connectivity index (χ2v) is 5.69. The molecule has 0 heterocycles. The standard InChI is InChI=1S/C18H20N2O4/c1-13(11-17(21)14-7-3-2-4-8-14)19-18(22)12-15-9-5-6-10-16(15)20(23)24/h2-10,13,17,21H,11-12H2,1H3,(H,19,22). The summed E-state index contributed by atoms with van der Waals surface area (Å²) in [6, 6.07) is 15.1. The Kier molecular flexibility index (Phi) is 6.03. The van der Waals surface area contributed by atoms with Gasteiger partial charge < -0.3 is 10.4 Å². The highest BCUT2D eigenvalue weighted by Crippen LogP contribution is 2.19. The summed E-state index contributed by atoms with van der Waals surface area (Å²) in [6.45, 7) is 1.80. The van der Waals surface area contributed by atoms with E-state index in [1.165, 1.54) is 6.07 Å². The third kappa shape index (κ3) is 4.89. The van der Waals surface area contributed by atoms with Crippen LogP contribution in [0.1, 0.15) is 30.6 Å². The first kappa shape index (κ1) is 17.6. The highest BCUT2D eigenvalue weighted by Gasteiger charge is 2.18. The molecule has 126 valence electrons. The molecule has 0 bridgehead atoms. The molecular weight excluding hydrogens is 308 g/mol. The molecule has 0 saturated carbocycles. The minimum atomic E-state index is -0.674. The van der Waals surface area contributed by atoms with Crippen molar-refractivity contribution in [2.45, 2.75) is 31.9 Å². The molecule has 0 radical (unpaired) electrons. The number of amides is 1. The molecule has 24 heavy (non-hydrogen) atoms. The maximum absolute atomic E-state index is 12.1. The summed E-state index contributed by atoms with van der Waals surface area (Å²) in [5.74, 6) is -0.308. The molecule has 2 aromatic rings. The summed E-state index contributed by atoms with van der Waals surface area (Å²) in [4.78, 5) is 22.6. The highest BCUT2D eigenvalue weighted by atomic mass is 16.6. The quantitative estimate of drug-likeness (QED) is 0.604. The average Bonchev–Trinajstić information content (AvgIpc) is 2.55. The number of nitrogens with zero attached hydrogens (tertiary/aromatic N) is 1. The molecule has 2 N–H and O–H groups in total. The number of benzene rings is 2. The molecule has 2 atom stereocenters. The lowest BCUT2D eigenvalue weighted by molar-refractivity contribution is -0.385. The van der Waals surface area contributed by atoms with Crippen molar-refractivity contribution in [1.82, 2.24) is 5.32 Å². The summed E-state index contributed by atoms with van der Waals surface area (Å²) in [5, 5.41) is 23.9. The van der Waals surface area contributed by atoms with Gasteiger partial charge in [0.1, 0.15) is 0 Å². The number of hydrogen-bond acceptors (Lipinski definition) is 4. The van der Waals surface area contributed by atoms with Crippen LogP contribution in [-0.2, 0) is 11.2 Å². The van der Waals surface area contributed by atoms with Gasteiger partial charge in [0.05, 0.1) is 17.4 Å². The van der Waals surface area contributed by atoms with Gasteiger partial charge in [-0.2, -0.15) is 0 Å². The van der Waals surface area contributed by atoms with E-state index < -0.39 is 11.0 Å². The smallest absolute Gasteiger partial charge is 0.273 e. The summed E-state index contributed by atoms with van der Waals surface area (Å²) in [5.41, 5.74) is 1.10. The normalized spacial score (nSPS) is 13.1. The van der Waals surface area contributed by atoms with Crippen molar-refractivity contribution in [3.63, 3.8) is 0 Å². The van der Waals surface area contributed by atoms with E-state index in [-0.39, 0.29) is 24.1 Å². The van der Waals surface area contributed by atoms with E-state index in [0.717, 1.165) is 5.56 Å². The summed E-state index contributed by atoms with van der Waals surface area (Å²) >= 11 is 0. The van der Waals surface area contributed by atoms with Gasteiger partial charge in [0.25, 0.3) is 5.69 Å². The predicted molar refractivity (Wildman–Crippen MR) is 90.4 cm³/mol. The van der Waals surface area contributed by atoms with Crippen LogP contribution in [0.3, 0.4) is 0 Å². The van der Waals surface area contributed by atoms with Crippen LogP contribution >= 0.6 is 0 Å². The first-order valence-corrected chi connectivity index (χ1v) is 7.72. The van der Waals surface area contributed by atoms with E-state index in [1.54, 1.807) is 25.1 Å². The SMILES string of the molecule is CC(CC(O)c1ccccc1)NC(=O)Cc1ccccc1[N+](=O)[O-]. The molecule has 0 spiro atoms. The Hall–Kier alpha value is -2.73. The molecule has 6 nitrogen and oxygen atoms in total. The molecule has 2 rings (SSSR count). The Labute approximate surface area is 140 Å². The molecule has 0 aromatic heterocycles.